The average Bonchev–Trinajstić information content (AvgIpc) is 3.42. The lowest BCUT2D eigenvalue weighted by Gasteiger charge is -2.08. The Balaban J connectivity index is 1.69. The largest absolute Gasteiger partial charge is 0.497 e. The number of hydrogen-bond acceptors (Lipinski definition) is 5. The van der Waals surface area contributed by atoms with Crippen LogP contribution in [-0.2, 0) is 0 Å². The van der Waals surface area contributed by atoms with Crippen molar-refractivity contribution in [3.8, 4) is 22.7 Å². The van der Waals surface area contributed by atoms with Crippen LogP contribution in [0.1, 0.15) is 30.4 Å². The maximum atomic E-state index is 12.8. The minimum atomic E-state index is -0.352. The van der Waals surface area contributed by atoms with Crippen molar-refractivity contribution in [3.05, 3.63) is 72.6 Å². The van der Waals surface area contributed by atoms with Gasteiger partial charge in [-0.1, -0.05) is 30.3 Å². The van der Waals surface area contributed by atoms with Crippen LogP contribution in [0.4, 0.5) is 5.82 Å². The summed E-state index contributed by atoms with van der Waals surface area (Å²) in [4.78, 5) is 14.4. The Morgan fingerprint density at radius 3 is 2.40 bits per heavy atom. The molecule has 0 saturated heterocycles. The van der Waals surface area contributed by atoms with E-state index >= 15 is 0 Å². The highest BCUT2D eigenvalue weighted by Gasteiger charge is 2.18. The Bertz CT molecular complexity index is 1150. The predicted molar refractivity (Wildman–Crippen MR) is 114 cm³/mol. The molecule has 2 heterocycles. The zero-order valence-electron chi connectivity index (χ0n) is 17.0. The molecule has 0 saturated carbocycles. The zero-order chi connectivity index (χ0) is 21.1. The molecule has 0 aliphatic heterocycles. The second kappa shape index (κ2) is 8.20. The quantitative estimate of drug-likeness (QED) is 0.527. The van der Waals surface area contributed by atoms with Crippen molar-refractivity contribution in [2.45, 2.75) is 19.9 Å². The lowest BCUT2D eigenvalue weighted by atomic mass is 10.1. The summed E-state index contributed by atoms with van der Waals surface area (Å²) < 4.78 is 6.98. The predicted octanol–water partition coefficient (Wildman–Crippen LogP) is 3.97. The lowest BCUT2D eigenvalue weighted by molar-refractivity contribution is 0.102. The van der Waals surface area contributed by atoms with E-state index in [1.165, 1.54) is 6.20 Å². The van der Waals surface area contributed by atoms with Gasteiger partial charge in [-0.05, 0) is 44.2 Å². The summed E-state index contributed by atoms with van der Waals surface area (Å²) in [5.41, 5.74) is 2.85. The van der Waals surface area contributed by atoms with Gasteiger partial charge in [-0.3, -0.25) is 4.79 Å². The van der Waals surface area contributed by atoms with E-state index < -0.39 is 0 Å². The maximum Gasteiger partial charge on any atom is 0.277 e. The molecule has 152 valence electrons. The number of aromatic nitrogens is 5. The molecule has 2 aromatic carbocycles. The minimum absolute atomic E-state index is 0.106. The summed E-state index contributed by atoms with van der Waals surface area (Å²) in [5.74, 6) is 0.780. The molecule has 30 heavy (non-hydrogen) atoms. The van der Waals surface area contributed by atoms with Gasteiger partial charge in [-0.2, -0.15) is 15.0 Å². The standard InChI is InChI=1S/C22H22N6O2/c1-15(2)28-23-14-21(26-28)24-22(29)19-13-20(16-7-5-4-6-8-16)27(25-19)17-9-11-18(30-3)12-10-17/h4-15H,1-3H3,(H,24,26,29). The Hall–Kier alpha value is -3.94. The van der Waals surface area contributed by atoms with E-state index in [1.807, 2.05) is 68.4 Å². The van der Waals surface area contributed by atoms with Gasteiger partial charge >= 0.3 is 0 Å². The summed E-state index contributed by atoms with van der Waals surface area (Å²) in [5, 5.41) is 15.7. The lowest BCUT2D eigenvalue weighted by Crippen LogP contribution is -2.14. The number of methoxy groups -OCH3 is 1. The third-order valence-electron chi connectivity index (χ3n) is 4.54. The van der Waals surface area contributed by atoms with Crippen molar-refractivity contribution >= 4 is 11.7 Å². The summed E-state index contributed by atoms with van der Waals surface area (Å²) >= 11 is 0. The second-order valence-electron chi connectivity index (χ2n) is 6.99. The number of benzene rings is 2. The third-order valence-corrected chi connectivity index (χ3v) is 4.54. The molecule has 4 rings (SSSR count). The molecule has 0 aliphatic rings. The van der Waals surface area contributed by atoms with Crippen molar-refractivity contribution in [1.29, 1.82) is 0 Å². The molecule has 0 aliphatic carbocycles. The molecule has 0 atom stereocenters. The number of carbonyl (C=O) groups excluding carboxylic acids is 1. The normalized spacial score (nSPS) is 10.9. The van der Waals surface area contributed by atoms with Gasteiger partial charge in [0.15, 0.2) is 11.5 Å². The number of nitrogens with zero attached hydrogens (tertiary/aromatic N) is 5. The second-order valence-corrected chi connectivity index (χ2v) is 6.99. The smallest absolute Gasteiger partial charge is 0.277 e. The van der Waals surface area contributed by atoms with E-state index in [9.17, 15) is 4.79 Å². The summed E-state index contributed by atoms with van der Waals surface area (Å²) in [6.45, 7) is 3.93. The van der Waals surface area contributed by atoms with Gasteiger partial charge in [0, 0.05) is 5.56 Å². The fraction of sp³-hybridized carbons (Fsp3) is 0.182. The number of amides is 1. The highest BCUT2D eigenvalue weighted by Crippen LogP contribution is 2.25. The highest BCUT2D eigenvalue weighted by atomic mass is 16.5. The maximum absolute atomic E-state index is 12.8. The van der Waals surface area contributed by atoms with Gasteiger partial charge in [0.25, 0.3) is 5.91 Å². The number of rotatable bonds is 6. The third kappa shape index (κ3) is 3.93. The van der Waals surface area contributed by atoms with Crippen LogP contribution in [0.15, 0.2) is 66.9 Å². The number of ether oxygens (including phenoxy) is 1. The molecule has 2 aromatic heterocycles. The fourth-order valence-corrected chi connectivity index (χ4v) is 2.99. The Labute approximate surface area is 174 Å². The van der Waals surface area contributed by atoms with Crippen LogP contribution in [-0.4, -0.2) is 37.8 Å². The van der Waals surface area contributed by atoms with Crippen LogP contribution >= 0.6 is 0 Å². The molecule has 1 N–H and O–H groups in total. The monoisotopic (exact) mass is 402 g/mol. The molecule has 0 unspecified atom stereocenters. The fourth-order valence-electron chi connectivity index (χ4n) is 2.99. The van der Waals surface area contributed by atoms with E-state index in [2.05, 4.69) is 20.6 Å². The molecular formula is C22H22N6O2. The van der Waals surface area contributed by atoms with E-state index in [0.717, 1.165) is 22.7 Å². The van der Waals surface area contributed by atoms with Crippen molar-refractivity contribution in [3.63, 3.8) is 0 Å². The first kappa shape index (κ1) is 19.4. The van der Waals surface area contributed by atoms with E-state index in [1.54, 1.807) is 22.7 Å². The van der Waals surface area contributed by atoms with Crippen LogP contribution in [0, 0.1) is 0 Å². The van der Waals surface area contributed by atoms with Crippen molar-refractivity contribution < 1.29 is 9.53 Å². The van der Waals surface area contributed by atoms with Crippen LogP contribution in [0.3, 0.4) is 0 Å². The van der Waals surface area contributed by atoms with Crippen LogP contribution in [0.25, 0.3) is 16.9 Å². The Kier molecular flexibility index (Phi) is 5.30. The summed E-state index contributed by atoms with van der Waals surface area (Å²) in [6.07, 6.45) is 1.52. The molecule has 0 spiro atoms. The SMILES string of the molecule is COc1ccc(-n2nc(C(=O)Nc3cnn(C(C)C)n3)cc2-c2ccccc2)cc1. The van der Waals surface area contributed by atoms with E-state index in [0.29, 0.717) is 5.82 Å². The van der Waals surface area contributed by atoms with Crippen LogP contribution < -0.4 is 10.1 Å². The summed E-state index contributed by atoms with van der Waals surface area (Å²) in [7, 11) is 1.62. The van der Waals surface area contributed by atoms with Crippen LogP contribution in [0.2, 0.25) is 0 Å². The Morgan fingerprint density at radius 1 is 1.03 bits per heavy atom. The molecule has 8 heteroatoms. The first-order valence-electron chi connectivity index (χ1n) is 9.58. The molecule has 1 amide bonds. The summed E-state index contributed by atoms with van der Waals surface area (Å²) in [6, 6.07) is 19.2. The first-order valence-corrected chi connectivity index (χ1v) is 9.58. The van der Waals surface area contributed by atoms with Crippen molar-refractivity contribution in [2.24, 2.45) is 0 Å². The minimum Gasteiger partial charge on any atom is -0.497 e. The molecule has 0 fully saturated rings. The highest BCUT2D eigenvalue weighted by molar-refractivity contribution is 6.03. The number of nitrogens with one attached hydrogen (secondary N) is 1. The molecule has 8 nitrogen and oxygen atoms in total. The van der Waals surface area contributed by atoms with Gasteiger partial charge in [-0.15, -0.1) is 5.10 Å². The van der Waals surface area contributed by atoms with Crippen molar-refractivity contribution in [1.82, 2.24) is 24.8 Å². The van der Waals surface area contributed by atoms with Crippen molar-refractivity contribution in [2.75, 3.05) is 12.4 Å². The Morgan fingerprint density at radius 2 is 1.77 bits per heavy atom. The van der Waals surface area contributed by atoms with E-state index in [-0.39, 0.29) is 17.6 Å². The number of carbonyl (C=O) groups is 1. The number of anilines is 1. The molecular weight excluding hydrogens is 380 g/mol. The van der Waals surface area contributed by atoms with E-state index in [4.69, 9.17) is 4.74 Å². The van der Waals surface area contributed by atoms with Gasteiger partial charge in [0.1, 0.15) is 5.75 Å². The zero-order valence-corrected chi connectivity index (χ0v) is 17.0. The average molecular weight is 402 g/mol. The topological polar surface area (TPSA) is 86.9 Å². The molecule has 0 bridgehead atoms. The molecule has 0 radical (unpaired) electrons. The number of hydrogen-bond donors (Lipinski definition) is 1. The van der Waals surface area contributed by atoms with Gasteiger partial charge in [0.05, 0.1) is 30.7 Å². The van der Waals surface area contributed by atoms with Gasteiger partial charge in [-0.25, -0.2) is 4.68 Å². The first-order chi connectivity index (χ1) is 14.5. The molecule has 4 aromatic rings. The van der Waals surface area contributed by atoms with Gasteiger partial charge in [0.2, 0.25) is 0 Å². The van der Waals surface area contributed by atoms with Crippen LogP contribution in [0.5, 0.6) is 5.75 Å². The van der Waals surface area contributed by atoms with Gasteiger partial charge < -0.3 is 10.1 Å².